The van der Waals surface area contributed by atoms with Crippen LogP contribution in [-0.4, -0.2) is 32.5 Å². The van der Waals surface area contributed by atoms with Crippen LogP contribution in [0.5, 0.6) is 0 Å². The molecule has 0 aromatic heterocycles. The Bertz CT molecular complexity index is 264. The highest BCUT2D eigenvalue weighted by molar-refractivity contribution is 7.90. The van der Waals surface area contributed by atoms with Crippen molar-refractivity contribution in [2.75, 3.05) is 18.6 Å². The first kappa shape index (κ1) is 12.0. The van der Waals surface area contributed by atoms with Gasteiger partial charge in [-0.2, -0.15) is 0 Å². The Hall–Kier alpha value is -0.0900. The molecule has 1 aliphatic rings. The van der Waals surface area contributed by atoms with Crippen LogP contribution in [0.25, 0.3) is 0 Å². The lowest BCUT2D eigenvalue weighted by Gasteiger charge is -2.29. The highest BCUT2D eigenvalue weighted by Gasteiger charge is 2.25. The van der Waals surface area contributed by atoms with E-state index in [-0.39, 0.29) is 5.54 Å². The van der Waals surface area contributed by atoms with Gasteiger partial charge in [-0.25, -0.2) is 8.42 Å². The van der Waals surface area contributed by atoms with E-state index in [9.17, 15) is 8.42 Å². The third kappa shape index (κ3) is 4.42. The molecule has 0 amide bonds. The summed E-state index contributed by atoms with van der Waals surface area (Å²) in [4.78, 5) is 0. The van der Waals surface area contributed by atoms with E-state index in [2.05, 4.69) is 12.2 Å². The van der Waals surface area contributed by atoms with Gasteiger partial charge < -0.3 is 5.32 Å². The van der Waals surface area contributed by atoms with E-state index in [0.717, 1.165) is 19.4 Å². The van der Waals surface area contributed by atoms with Gasteiger partial charge in [-0.15, -0.1) is 0 Å². The van der Waals surface area contributed by atoms with Crippen LogP contribution in [0.15, 0.2) is 0 Å². The average Bonchev–Trinajstić information content (AvgIpc) is 2.27. The fraction of sp³-hybridized carbons (Fsp3) is 1.00. The minimum absolute atomic E-state index is 0.0413. The summed E-state index contributed by atoms with van der Waals surface area (Å²) < 4.78 is 22.1. The van der Waals surface area contributed by atoms with Crippen molar-refractivity contribution >= 4 is 9.84 Å². The maximum Gasteiger partial charge on any atom is 0.147 e. The summed E-state index contributed by atoms with van der Waals surface area (Å²) in [5, 5.41) is 3.47. The standard InChI is InChI=1S/C10H21NO2S/c1-10(7-9-14(2,12)13)6-4-3-5-8-11-10/h11H,3-9H2,1-2H3. The highest BCUT2D eigenvalue weighted by Crippen LogP contribution is 2.22. The number of sulfone groups is 1. The number of rotatable bonds is 3. The van der Waals surface area contributed by atoms with Crippen LogP contribution in [0.4, 0.5) is 0 Å². The van der Waals surface area contributed by atoms with Crippen LogP contribution in [0.3, 0.4) is 0 Å². The molecule has 0 radical (unpaired) electrons. The van der Waals surface area contributed by atoms with Crippen LogP contribution >= 0.6 is 0 Å². The summed E-state index contributed by atoms with van der Waals surface area (Å²) in [5.41, 5.74) is 0.0413. The molecule has 1 heterocycles. The number of hydrogen-bond donors (Lipinski definition) is 1. The molecule has 0 aliphatic carbocycles. The molecule has 3 nitrogen and oxygen atoms in total. The second-order valence-electron chi connectivity index (χ2n) is 4.68. The molecule has 1 unspecified atom stereocenters. The second-order valence-corrected chi connectivity index (χ2v) is 6.94. The summed E-state index contributed by atoms with van der Waals surface area (Å²) in [6.07, 6.45) is 6.85. The Morgan fingerprint density at radius 2 is 2.00 bits per heavy atom. The van der Waals surface area contributed by atoms with E-state index >= 15 is 0 Å². The van der Waals surface area contributed by atoms with Gasteiger partial charge in [0.1, 0.15) is 9.84 Å². The van der Waals surface area contributed by atoms with Crippen molar-refractivity contribution < 1.29 is 8.42 Å². The first-order chi connectivity index (χ1) is 6.41. The van der Waals surface area contributed by atoms with E-state index in [1.165, 1.54) is 25.5 Å². The van der Waals surface area contributed by atoms with Crippen molar-refractivity contribution in [3.05, 3.63) is 0 Å². The van der Waals surface area contributed by atoms with Crippen molar-refractivity contribution in [2.24, 2.45) is 0 Å². The Labute approximate surface area is 87.2 Å². The smallest absolute Gasteiger partial charge is 0.147 e. The molecule has 84 valence electrons. The van der Waals surface area contributed by atoms with Gasteiger partial charge in [0.15, 0.2) is 0 Å². The molecule has 0 bridgehead atoms. The molecule has 1 N–H and O–H groups in total. The molecule has 0 aromatic rings. The van der Waals surface area contributed by atoms with E-state index in [0.29, 0.717) is 5.75 Å². The van der Waals surface area contributed by atoms with Crippen molar-refractivity contribution in [3.63, 3.8) is 0 Å². The van der Waals surface area contributed by atoms with E-state index in [1.807, 2.05) is 0 Å². The van der Waals surface area contributed by atoms with E-state index in [1.54, 1.807) is 0 Å². The first-order valence-electron chi connectivity index (χ1n) is 5.34. The Kier molecular flexibility index (Phi) is 3.95. The van der Waals surface area contributed by atoms with Gasteiger partial charge in [0.2, 0.25) is 0 Å². The summed E-state index contributed by atoms with van der Waals surface area (Å²) in [7, 11) is -2.81. The summed E-state index contributed by atoms with van der Waals surface area (Å²) in [6.45, 7) is 3.17. The van der Waals surface area contributed by atoms with Crippen molar-refractivity contribution in [3.8, 4) is 0 Å². The molecule has 14 heavy (non-hydrogen) atoms. The Morgan fingerprint density at radius 1 is 1.29 bits per heavy atom. The molecule has 0 aromatic carbocycles. The second kappa shape index (κ2) is 4.62. The van der Waals surface area contributed by atoms with Gasteiger partial charge in [-0.3, -0.25) is 0 Å². The molecular formula is C10H21NO2S. The predicted octanol–water partition coefficient (Wildman–Crippen LogP) is 1.34. The van der Waals surface area contributed by atoms with Crippen LogP contribution in [-0.2, 0) is 9.84 Å². The Balaban J connectivity index is 2.47. The first-order valence-corrected chi connectivity index (χ1v) is 7.40. The fourth-order valence-corrected chi connectivity index (χ4v) is 2.74. The van der Waals surface area contributed by atoms with Gasteiger partial charge in [0.25, 0.3) is 0 Å². The zero-order valence-corrected chi connectivity index (χ0v) is 9.99. The Morgan fingerprint density at radius 3 is 2.64 bits per heavy atom. The lowest BCUT2D eigenvalue weighted by atomic mass is 9.93. The largest absolute Gasteiger partial charge is 0.311 e. The molecule has 1 fully saturated rings. The van der Waals surface area contributed by atoms with Crippen LogP contribution < -0.4 is 5.32 Å². The molecule has 0 saturated carbocycles. The predicted molar refractivity (Wildman–Crippen MR) is 59.2 cm³/mol. The van der Waals surface area contributed by atoms with Gasteiger partial charge in [-0.1, -0.05) is 12.8 Å². The zero-order chi connectivity index (χ0) is 10.7. The minimum atomic E-state index is -2.81. The fourth-order valence-electron chi connectivity index (χ4n) is 1.92. The van der Waals surface area contributed by atoms with Gasteiger partial charge in [0.05, 0.1) is 5.75 Å². The monoisotopic (exact) mass is 219 g/mol. The third-order valence-corrected chi connectivity index (χ3v) is 3.93. The van der Waals surface area contributed by atoms with E-state index < -0.39 is 9.84 Å². The van der Waals surface area contributed by atoms with Crippen molar-refractivity contribution in [1.29, 1.82) is 0 Å². The average molecular weight is 219 g/mol. The zero-order valence-electron chi connectivity index (χ0n) is 9.17. The van der Waals surface area contributed by atoms with Crippen molar-refractivity contribution in [1.82, 2.24) is 5.32 Å². The van der Waals surface area contributed by atoms with Crippen molar-refractivity contribution in [2.45, 2.75) is 44.6 Å². The third-order valence-electron chi connectivity index (χ3n) is 2.98. The maximum atomic E-state index is 11.1. The number of hydrogen-bond acceptors (Lipinski definition) is 3. The summed E-state index contributed by atoms with van der Waals surface area (Å²) >= 11 is 0. The number of nitrogens with one attached hydrogen (secondary N) is 1. The van der Waals surface area contributed by atoms with Crippen LogP contribution in [0.1, 0.15) is 39.0 Å². The molecule has 1 rings (SSSR count). The quantitative estimate of drug-likeness (QED) is 0.779. The summed E-state index contributed by atoms with van der Waals surface area (Å²) in [5.74, 6) is 0.302. The molecule has 1 saturated heterocycles. The summed E-state index contributed by atoms with van der Waals surface area (Å²) in [6, 6.07) is 0. The van der Waals surface area contributed by atoms with Crippen LogP contribution in [0.2, 0.25) is 0 Å². The maximum absolute atomic E-state index is 11.1. The topological polar surface area (TPSA) is 46.2 Å². The molecule has 4 heteroatoms. The minimum Gasteiger partial charge on any atom is -0.311 e. The van der Waals surface area contributed by atoms with Gasteiger partial charge in [-0.05, 0) is 32.7 Å². The molecule has 1 atom stereocenters. The normalized spacial score (nSPS) is 29.9. The van der Waals surface area contributed by atoms with Crippen LogP contribution in [0, 0.1) is 0 Å². The van der Waals surface area contributed by atoms with Gasteiger partial charge >= 0.3 is 0 Å². The molecule has 0 spiro atoms. The SMILES string of the molecule is CC1(CCS(C)(=O)=O)CCCCCN1. The van der Waals surface area contributed by atoms with Gasteiger partial charge in [0, 0.05) is 11.8 Å². The lowest BCUT2D eigenvalue weighted by Crippen LogP contribution is -2.42. The molecule has 1 aliphatic heterocycles. The molecular weight excluding hydrogens is 198 g/mol. The van der Waals surface area contributed by atoms with E-state index in [4.69, 9.17) is 0 Å². The lowest BCUT2D eigenvalue weighted by molar-refractivity contribution is 0.337. The highest BCUT2D eigenvalue weighted by atomic mass is 32.2.